The smallest absolute Gasteiger partial charge is 0.337 e. The maximum atomic E-state index is 13.3. The number of ether oxygens (including phenoxy) is 1. The van der Waals surface area contributed by atoms with E-state index < -0.39 is 0 Å². The molecular formula is C27H25FN2O3. The van der Waals surface area contributed by atoms with E-state index >= 15 is 0 Å². The Morgan fingerprint density at radius 3 is 2.18 bits per heavy atom. The van der Waals surface area contributed by atoms with Crippen LogP contribution in [-0.2, 0) is 16.1 Å². The zero-order chi connectivity index (χ0) is 23.2. The number of rotatable bonds is 8. The van der Waals surface area contributed by atoms with Crippen molar-refractivity contribution in [1.29, 1.82) is 0 Å². The summed E-state index contributed by atoms with van der Waals surface area (Å²) < 4.78 is 18.0. The lowest BCUT2D eigenvalue weighted by Crippen LogP contribution is -2.26. The molecule has 33 heavy (non-hydrogen) atoms. The maximum Gasteiger partial charge on any atom is 0.337 e. The Balaban J connectivity index is 1.47. The van der Waals surface area contributed by atoms with Gasteiger partial charge in [-0.15, -0.1) is 0 Å². The molecule has 1 amide bonds. The van der Waals surface area contributed by atoms with Crippen molar-refractivity contribution in [2.24, 2.45) is 0 Å². The average Bonchev–Trinajstić information content (AvgIpc) is 3.66. The SMILES string of the molecule is COC(=O)c1ccc(CNc2ccc(C(=Cc3ccc(F)cc3)C(=O)NC3CC3)cc2)cc1. The summed E-state index contributed by atoms with van der Waals surface area (Å²) >= 11 is 0. The molecule has 1 saturated carbocycles. The number of anilines is 1. The fourth-order valence-electron chi connectivity index (χ4n) is 3.34. The van der Waals surface area contributed by atoms with Crippen molar-refractivity contribution < 1.29 is 18.7 Å². The molecule has 0 spiro atoms. The first-order valence-electron chi connectivity index (χ1n) is 10.8. The van der Waals surface area contributed by atoms with Crippen molar-refractivity contribution in [3.8, 4) is 0 Å². The third-order valence-electron chi connectivity index (χ3n) is 5.41. The molecule has 0 unspecified atom stereocenters. The van der Waals surface area contributed by atoms with Crippen LogP contribution in [0.4, 0.5) is 10.1 Å². The van der Waals surface area contributed by atoms with E-state index in [2.05, 4.69) is 10.6 Å². The first-order chi connectivity index (χ1) is 16.0. The maximum absolute atomic E-state index is 13.3. The van der Waals surface area contributed by atoms with Crippen molar-refractivity contribution in [2.45, 2.75) is 25.4 Å². The number of amides is 1. The molecule has 0 heterocycles. The summed E-state index contributed by atoms with van der Waals surface area (Å²) in [5, 5.41) is 6.37. The lowest BCUT2D eigenvalue weighted by atomic mass is 10.0. The molecule has 3 aromatic rings. The van der Waals surface area contributed by atoms with Crippen molar-refractivity contribution in [3.63, 3.8) is 0 Å². The minimum atomic E-state index is -0.361. The predicted octanol–water partition coefficient (Wildman–Crippen LogP) is 5.04. The molecular weight excluding hydrogens is 419 g/mol. The standard InChI is InChI=1S/C27H25FN2O3/c1-33-27(32)21-6-2-19(3-7-21)17-29-23-12-8-20(9-13-23)25(26(31)30-24-14-15-24)16-18-4-10-22(28)11-5-18/h2-13,16,24,29H,14-15,17H2,1H3,(H,30,31). The van der Waals surface area contributed by atoms with Crippen LogP contribution in [0.1, 0.15) is 39.9 Å². The Labute approximate surface area is 192 Å². The Bertz CT molecular complexity index is 1150. The van der Waals surface area contributed by atoms with Gasteiger partial charge in [0.05, 0.1) is 12.7 Å². The molecule has 2 N–H and O–H groups in total. The Morgan fingerprint density at radius 2 is 1.58 bits per heavy atom. The molecule has 0 aliphatic heterocycles. The first-order valence-corrected chi connectivity index (χ1v) is 10.8. The van der Waals surface area contributed by atoms with Crippen molar-refractivity contribution in [2.75, 3.05) is 12.4 Å². The largest absolute Gasteiger partial charge is 0.465 e. The number of hydrogen-bond donors (Lipinski definition) is 2. The number of methoxy groups -OCH3 is 1. The number of benzene rings is 3. The minimum Gasteiger partial charge on any atom is -0.465 e. The monoisotopic (exact) mass is 444 g/mol. The van der Waals surface area contributed by atoms with E-state index in [1.165, 1.54) is 19.2 Å². The number of carbonyl (C=O) groups excluding carboxylic acids is 2. The van der Waals surface area contributed by atoms with E-state index in [1.807, 2.05) is 36.4 Å². The van der Waals surface area contributed by atoms with Crippen LogP contribution in [0.2, 0.25) is 0 Å². The fraction of sp³-hybridized carbons (Fsp3) is 0.185. The van der Waals surface area contributed by atoms with Crippen LogP contribution in [-0.4, -0.2) is 25.0 Å². The van der Waals surface area contributed by atoms with Gasteiger partial charge in [0.15, 0.2) is 0 Å². The lowest BCUT2D eigenvalue weighted by Gasteiger charge is -2.11. The van der Waals surface area contributed by atoms with E-state index in [9.17, 15) is 14.0 Å². The summed E-state index contributed by atoms with van der Waals surface area (Å²) in [6, 6.07) is 21.1. The highest BCUT2D eigenvalue weighted by Gasteiger charge is 2.25. The molecule has 0 aromatic heterocycles. The number of nitrogens with one attached hydrogen (secondary N) is 2. The van der Waals surface area contributed by atoms with Gasteiger partial charge in [0.1, 0.15) is 5.82 Å². The third-order valence-corrected chi connectivity index (χ3v) is 5.41. The second kappa shape index (κ2) is 10.1. The van der Waals surface area contributed by atoms with Gasteiger partial charge in [0, 0.05) is 23.8 Å². The van der Waals surface area contributed by atoms with Crippen LogP contribution in [0.15, 0.2) is 72.8 Å². The van der Waals surface area contributed by atoms with Crippen molar-refractivity contribution >= 4 is 29.2 Å². The van der Waals surface area contributed by atoms with Gasteiger partial charge < -0.3 is 15.4 Å². The van der Waals surface area contributed by atoms with Crippen LogP contribution in [0.25, 0.3) is 11.6 Å². The molecule has 3 aromatic carbocycles. The van der Waals surface area contributed by atoms with Gasteiger partial charge in [0.2, 0.25) is 0 Å². The summed E-state index contributed by atoms with van der Waals surface area (Å²) in [7, 11) is 1.36. The van der Waals surface area contributed by atoms with E-state index in [0.29, 0.717) is 17.7 Å². The second-order valence-corrected chi connectivity index (χ2v) is 7.98. The minimum absolute atomic E-state index is 0.131. The van der Waals surface area contributed by atoms with Gasteiger partial charge in [-0.25, -0.2) is 9.18 Å². The number of hydrogen-bond acceptors (Lipinski definition) is 4. The third kappa shape index (κ3) is 6.07. The summed E-state index contributed by atoms with van der Waals surface area (Å²) in [5.41, 5.74) is 4.52. The van der Waals surface area contributed by atoms with Crippen LogP contribution in [0, 0.1) is 5.82 Å². The fourth-order valence-corrected chi connectivity index (χ4v) is 3.34. The Morgan fingerprint density at radius 1 is 0.939 bits per heavy atom. The van der Waals surface area contributed by atoms with E-state index in [4.69, 9.17) is 4.74 Å². The number of halogens is 1. The second-order valence-electron chi connectivity index (χ2n) is 7.98. The molecule has 1 aliphatic carbocycles. The Hall–Kier alpha value is -3.93. The van der Waals surface area contributed by atoms with Gasteiger partial charge >= 0.3 is 5.97 Å². The van der Waals surface area contributed by atoms with E-state index in [1.54, 1.807) is 30.3 Å². The highest BCUT2D eigenvalue weighted by molar-refractivity contribution is 6.24. The van der Waals surface area contributed by atoms with Gasteiger partial charge in [-0.05, 0) is 72.0 Å². The normalized spacial score (nSPS) is 13.3. The lowest BCUT2D eigenvalue weighted by molar-refractivity contribution is -0.115. The zero-order valence-corrected chi connectivity index (χ0v) is 18.3. The molecule has 0 radical (unpaired) electrons. The summed E-state index contributed by atoms with van der Waals surface area (Å²) in [5.74, 6) is -0.806. The number of carbonyl (C=O) groups is 2. The van der Waals surface area contributed by atoms with Gasteiger partial charge in [0.25, 0.3) is 5.91 Å². The highest BCUT2D eigenvalue weighted by Crippen LogP contribution is 2.25. The van der Waals surface area contributed by atoms with Gasteiger partial charge in [-0.2, -0.15) is 0 Å². The summed E-state index contributed by atoms with van der Waals surface area (Å²) in [6.45, 7) is 0.585. The average molecular weight is 445 g/mol. The van der Waals surface area contributed by atoms with Crippen LogP contribution in [0.5, 0.6) is 0 Å². The molecule has 0 bridgehead atoms. The number of esters is 1. The molecule has 1 aliphatic rings. The summed E-state index contributed by atoms with van der Waals surface area (Å²) in [4.78, 5) is 24.4. The van der Waals surface area contributed by atoms with Crippen LogP contribution >= 0.6 is 0 Å². The molecule has 1 fully saturated rings. The highest BCUT2D eigenvalue weighted by atomic mass is 19.1. The quantitative estimate of drug-likeness (QED) is 0.290. The van der Waals surface area contributed by atoms with E-state index in [-0.39, 0.29) is 23.7 Å². The van der Waals surface area contributed by atoms with Crippen molar-refractivity contribution in [1.82, 2.24) is 5.32 Å². The molecule has 4 rings (SSSR count). The Kier molecular flexibility index (Phi) is 6.83. The molecule has 0 atom stereocenters. The predicted molar refractivity (Wildman–Crippen MR) is 127 cm³/mol. The molecule has 6 heteroatoms. The van der Waals surface area contributed by atoms with Crippen LogP contribution < -0.4 is 10.6 Å². The van der Waals surface area contributed by atoms with Crippen molar-refractivity contribution in [3.05, 3.63) is 101 Å². The summed E-state index contributed by atoms with van der Waals surface area (Å²) in [6.07, 6.45) is 3.78. The van der Waals surface area contributed by atoms with Gasteiger partial charge in [-0.1, -0.05) is 36.4 Å². The molecule has 5 nitrogen and oxygen atoms in total. The molecule has 0 saturated heterocycles. The first kappa shape index (κ1) is 22.3. The molecule has 168 valence electrons. The van der Waals surface area contributed by atoms with Crippen LogP contribution in [0.3, 0.4) is 0 Å². The van der Waals surface area contributed by atoms with Gasteiger partial charge in [-0.3, -0.25) is 4.79 Å². The van der Waals surface area contributed by atoms with E-state index in [0.717, 1.165) is 35.2 Å². The zero-order valence-electron chi connectivity index (χ0n) is 18.3. The topological polar surface area (TPSA) is 67.4 Å².